The van der Waals surface area contributed by atoms with E-state index < -0.39 is 29.7 Å². The normalized spacial score (nSPS) is 19.5. The van der Waals surface area contributed by atoms with Crippen molar-refractivity contribution in [3.8, 4) is 11.3 Å². The first-order valence-electron chi connectivity index (χ1n) is 21.7. The highest BCUT2D eigenvalue weighted by atomic mass is 16.2. The highest BCUT2D eigenvalue weighted by Gasteiger charge is 2.45. The van der Waals surface area contributed by atoms with Gasteiger partial charge in [0.05, 0.1) is 16.8 Å². The van der Waals surface area contributed by atoms with Crippen molar-refractivity contribution in [2.75, 3.05) is 48.3 Å². The third kappa shape index (κ3) is 9.34. The summed E-state index contributed by atoms with van der Waals surface area (Å²) in [4.78, 5) is 83.0. The molecule has 4 aliphatic rings. The van der Waals surface area contributed by atoms with Gasteiger partial charge in [0.2, 0.25) is 17.8 Å². The van der Waals surface area contributed by atoms with Gasteiger partial charge >= 0.3 is 0 Å². The average Bonchev–Trinajstić information content (AvgIpc) is 3.55. The molecule has 5 amide bonds. The van der Waals surface area contributed by atoms with Gasteiger partial charge in [-0.05, 0) is 136 Å². The SMILES string of the molecule is Cc1ccc(NC(=O)c2ccc(CN3CCC(CN[C@H]4CCCN(c5ccc6c(c5)C(=O)N(C5CCC(=O)NC5=O)C6=O)C4)CC3)cc2)cc1Nc1nccc(-c2cccnc2)n1. The number of aryl methyl sites for hydroxylation is 1. The Balaban J connectivity index is 0.721. The topological polar surface area (TPSA) is 182 Å². The molecule has 0 saturated carbocycles. The molecule has 15 heteroatoms. The predicted molar refractivity (Wildman–Crippen MR) is 238 cm³/mol. The van der Waals surface area contributed by atoms with Crippen molar-refractivity contribution in [1.29, 1.82) is 0 Å². The number of nitrogens with one attached hydrogen (secondary N) is 4. The van der Waals surface area contributed by atoms with E-state index in [0.717, 1.165) is 98.0 Å². The third-order valence-corrected chi connectivity index (χ3v) is 12.6. The van der Waals surface area contributed by atoms with Crippen molar-refractivity contribution in [2.45, 2.75) is 64.1 Å². The quantitative estimate of drug-likeness (QED) is 0.112. The molecule has 3 aromatic carbocycles. The standard InChI is InChI=1S/C48H50N10O5/c1-30-6-11-35(24-41(30)54-48-50-20-16-40(53-48)34-4-2-19-49-27-34)52-44(60)33-9-7-32(8-10-33)28-56-22-17-31(18-23-56)26-51-36-5-3-21-57(29-36)37-12-13-38-39(25-37)47(63)58(46(38)62)42-14-15-43(59)55-45(42)61/h2,4,6-13,16,19-20,24-25,27,31,36,42,51H,3,5,14-15,17-18,21-23,26,28-29H2,1H3,(H,52,60)(H,50,53,54)(H,55,59,61)/t36-,42?/m0/s1. The van der Waals surface area contributed by atoms with E-state index in [9.17, 15) is 24.0 Å². The summed E-state index contributed by atoms with van der Waals surface area (Å²) in [5.41, 5.74) is 7.34. The molecule has 0 spiro atoms. The Labute approximate surface area is 365 Å². The van der Waals surface area contributed by atoms with Crippen LogP contribution in [-0.4, -0.2) is 99.1 Å². The number of anilines is 4. The number of aromatic nitrogens is 3. The van der Waals surface area contributed by atoms with Gasteiger partial charge in [0.25, 0.3) is 17.7 Å². The van der Waals surface area contributed by atoms with Crippen molar-refractivity contribution < 1.29 is 24.0 Å². The van der Waals surface area contributed by atoms with Crippen LogP contribution in [0.2, 0.25) is 0 Å². The lowest BCUT2D eigenvalue weighted by Crippen LogP contribution is -2.54. The fraction of sp³-hybridized carbons (Fsp3) is 0.333. The van der Waals surface area contributed by atoms with Gasteiger partial charge in [0.15, 0.2) is 0 Å². The van der Waals surface area contributed by atoms with Gasteiger partial charge in [-0.2, -0.15) is 0 Å². The zero-order valence-electron chi connectivity index (χ0n) is 35.2. The summed E-state index contributed by atoms with van der Waals surface area (Å²) in [5.74, 6) is -1.12. The van der Waals surface area contributed by atoms with Gasteiger partial charge in [-0.3, -0.25) is 44.1 Å². The maximum absolute atomic E-state index is 13.4. The van der Waals surface area contributed by atoms with E-state index in [2.05, 4.69) is 46.0 Å². The molecule has 5 aromatic rings. The zero-order chi connectivity index (χ0) is 43.5. The number of nitrogens with zero attached hydrogens (tertiary/aromatic N) is 6. The fourth-order valence-corrected chi connectivity index (χ4v) is 8.99. The average molecular weight is 847 g/mol. The van der Waals surface area contributed by atoms with Crippen LogP contribution in [0.5, 0.6) is 0 Å². The van der Waals surface area contributed by atoms with E-state index in [1.165, 1.54) is 5.56 Å². The molecule has 3 fully saturated rings. The largest absolute Gasteiger partial charge is 0.370 e. The number of rotatable bonds is 12. The molecule has 322 valence electrons. The Kier molecular flexibility index (Phi) is 12.0. The summed E-state index contributed by atoms with van der Waals surface area (Å²) in [6.07, 6.45) is 9.69. The van der Waals surface area contributed by atoms with E-state index in [0.29, 0.717) is 40.3 Å². The number of likely N-dealkylation sites (tertiary alicyclic amines) is 1. The highest BCUT2D eigenvalue weighted by Crippen LogP contribution is 2.32. The summed E-state index contributed by atoms with van der Waals surface area (Å²) >= 11 is 0. The van der Waals surface area contributed by atoms with E-state index in [-0.39, 0.29) is 18.7 Å². The molecule has 4 aliphatic heterocycles. The molecular weight excluding hydrogens is 797 g/mol. The van der Waals surface area contributed by atoms with Crippen molar-refractivity contribution in [3.05, 3.63) is 125 Å². The molecule has 63 heavy (non-hydrogen) atoms. The lowest BCUT2D eigenvalue weighted by Gasteiger charge is -2.37. The second kappa shape index (κ2) is 18.2. The van der Waals surface area contributed by atoms with Crippen LogP contribution in [0.25, 0.3) is 11.3 Å². The minimum absolute atomic E-state index is 0.0915. The smallest absolute Gasteiger partial charge is 0.262 e. The van der Waals surface area contributed by atoms with Crippen LogP contribution in [0, 0.1) is 12.8 Å². The van der Waals surface area contributed by atoms with Crippen LogP contribution in [0.1, 0.15) is 80.7 Å². The summed E-state index contributed by atoms with van der Waals surface area (Å²) in [6, 6.07) is 23.9. The number of benzene rings is 3. The predicted octanol–water partition coefficient (Wildman–Crippen LogP) is 5.71. The molecule has 1 unspecified atom stereocenters. The molecule has 9 rings (SSSR count). The van der Waals surface area contributed by atoms with E-state index in [4.69, 9.17) is 0 Å². The number of imide groups is 2. The summed E-state index contributed by atoms with van der Waals surface area (Å²) in [6.45, 7) is 7.42. The number of hydrogen-bond acceptors (Lipinski definition) is 12. The van der Waals surface area contributed by atoms with Gasteiger partial charge in [0, 0.05) is 78.9 Å². The molecule has 0 radical (unpaired) electrons. The summed E-state index contributed by atoms with van der Waals surface area (Å²) in [5, 5.41) is 12.4. The molecule has 6 heterocycles. The number of piperidine rings is 3. The molecule has 15 nitrogen and oxygen atoms in total. The minimum atomic E-state index is -0.975. The van der Waals surface area contributed by atoms with Crippen LogP contribution in [0.15, 0.2) is 97.5 Å². The Morgan fingerprint density at radius 3 is 2.48 bits per heavy atom. The first-order chi connectivity index (χ1) is 30.6. The van der Waals surface area contributed by atoms with Crippen LogP contribution in [-0.2, 0) is 16.1 Å². The Bertz CT molecular complexity index is 2540. The maximum atomic E-state index is 13.4. The van der Waals surface area contributed by atoms with Crippen molar-refractivity contribution in [3.63, 3.8) is 0 Å². The van der Waals surface area contributed by atoms with Crippen molar-refractivity contribution in [2.24, 2.45) is 5.92 Å². The zero-order valence-corrected chi connectivity index (χ0v) is 35.2. The second-order valence-electron chi connectivity index (χ2n) is 16.9. The van der Waals surface area contributed by atoms with Gasteiger partial charge < -0.3 is 20.9 Å². The van der Waals surface area contributed by atoms with E-state index in [1.807, 2.05) is 73.7 Å². The molecule has 4 N–H and O–H groups in total. The monoisotopic (exact) mass is 846 g/mol. The molecule has 3 saturated heterocycles. The second-order valence-corrected chi connectivity index (χ2v) is 16.9. The molecule has 2 atom stereocenters. The Hall–Kier alpha value is -6.84. The van der Waals surface area contributed by atoms with Gasteiger partial charge in [-0.15, -0.1) is 0 Å². The molecular formula is C48H50N10O5. The number of carbonyl (C=O) groups is 5. The van der Waals surface area contributed by atoms with E-state index >= 15 is 0 Å². The van der Waals surface area contributed by atoms with Crippen LogP contribution < -0.4 is 26.2 Å². The lowest BCUT2D eigenvalue weighted by molar-refractivity contribution is -0.136. The van der Waals surface area contributed by atoms with Gasteiger partial charge in [-0.25, -0.2) is 9.97 Å². The first kappa shape index (κ1) is 41.5. The van der Waals surface area contributed by atoms with Crippen molar-refractivity contribution >= 4 is 52.5 Å². The van der Waals surface area contributed by atoms with E-state index in [1.54, 1.807) is 30.7 Å². The minimum Gasteiger partial charge on any atom is -0.370 e. The molecule has 2 aromatic heterocycles. The molecule has 0 aliphatic carbocycles. The maximum Gasteiger partial charge on any atom is 0.262 e. The molecule has 0 bridgehead atoms. The number of carbonyl (C=O) groups excluding carboxylic acids is 5. The number of hydrogen-bond donors (Lipinski definition) is 4. The first-order valence-corrected chi connectivity index (χ1v) is 21.7. The Morgan fingerprint density at radius 1 is 0.857 bits per heavy atom. The van der Waals surface area contributed by atoms with Gasteiger partial charge in [-0.1, -0.05) is 18.2 Å². The number of fused-ring (bicyclic) bond motifs is 1. The van der Waals surface area contributed by atoms with Crippen molar-refractivity contribution in [1.82, 2.24) is 35.4 Å². The fourth-order valence-electron chi connectivity index (χ4n) is 8.99. The summed E-state index contributed by atoms with van der Waals surface area (Å²) in [7, 11) is 0. The number of pyridine rings is 1. The number of amides is 5. The Morgan fingerprint density at radius 2 is 1.68 bits per heavy atom. The van der Waals surface area contributed by atoms with Crippen LogP contribution in [0.4, 0.5) is 23.0 Å². The van der Waals surface area contributed by atoms with Crippen LogP contribution in [0.3, 0.4) is 0 Å². The lowest BCUT2D eigenvalue weighted by atomic mass is 9.95. The van der Waals surface area contributed by atoms with Gasteiger partial charge in [0.1, 0.15) is 6.04 Å². The summed E-state index contributed by atoms with van der Waals surface area (Å²) < 4.78 is 0. The third-order valence-electron chi connectivity index (χ3n) is 12.6. The highest BCUT2D eigenvalue weighted by molar-refractivity contribution is 6.23. The van der Waals surface area contributed by atoms with Crippen LogP contribution >= 0.6 is 0 Å².